The van der Waals surface area contributed by atoms with E-state index in [1.807, 2.05) is 18.9 Å². The van der Waals surface area contributed by atoms with E-state index < -0.39 is 0 Å². The molecule has 0 amide bonds. The van der Waals surface area contributed by atoms with Crippen LogP contribution < -0.4 is 5.73 Å². The van der Waals surface area contributed by atoms with Gasteiger partial charge in [0.15, 0.2) is 0 Å². The molecular formula is C12H17ClFN3. The molecule has 0 bridgehead atoms. The van der Waals surface area contributed by atoms with Gasteiger partial charge in [0.05, 0.1) is 10.9 Å². The molecule has 0 fully saturated rings. The molecule has 1 aromatic carbocycles. The van der Waals surface area contributed by atoms with Gasteiger partial charge in [0.1, 0.15) is 5.82 Å². The Hall–Kier alpha value is -1.13. The molecule has 3 N–H and O–H groups in total. The van der Waals surface area contributed by atoms with E-state index in [1.54, 1.807) is 12.1 Å². The van der Waals surface area contributed by atoms with Crippen molar-refractivity contribution in [1.29, 1.82) is 5.41 Å². The monoisotopic (exact) mass is 257 g/mol. The summed E-state index contributed by atoms with van der Waals surface area (Å²) in [5, 5.41) is 7.44. The standard InChI is InChI=1S/C12H17ClFN3/c1-8(12(15)16)6-17(2)7-9-4-3-5-10(13)11(9)14/h3-5,8H,6-7H2,1-2H3,(H3,15,16). The van der Waals surface area contributed by atoms with Crippen molar-refractivity contribution in [2.24, 2.45) is 11.7 Å². The number of benzene rings is 1. The molecule has 94 valence electrons. The molecule has 3 nitrogen and oxygen atoms in total. The van der Waals surface area contributed by atoms with Crippen molar-refractivity contribution in [3.63, 3.8) is 0 Å². The molecule has 0 aliphatic carbocycles. The number of amidine groups is 1. The highest BCUT2D eigenvalue weighted by Crippen LogP contribution is 2.19. The molecule has 0 heterocycles. The van der Waals surface area contributed by atoms with Crippen LogP contribution in [0.4, 0.5) is 4.39 Å². The maximum atomic E-state index is 13.6. The van der Waals surface area contributed by atoms with Crippen LogP contribution in [-0.4, -0.2) is 24.3 Å². The minimum absolute atomic E-state index is 0.0396. The lowest BCUT2D eigenvalue weighted by Gasteiger charge is -2.20. The maximum Gasteiger partial charge on any atom is 0.146 e. The minimum Gasteiger partial charge on any atom is -0.387 e. The number of nitrogens with one attached hydrogen (secondary N) is 1. The van der Waals surface area contributed by atoms with Crippen molar-refractivity contribution in [2.45, 2.75) is 13.5 Å². The fourth-order valence-corrected chi connectivity index (χ4v) is 1.79. The van der Waals surface area contributed by atoms with Gasteiger partial charge in [0.2, 0.25) is 0 Å². The van der Waals surface area contributed by atoms with Crippen LogP contribution in [-0.2, 0) is 6.54 Å². The van der Waals surface area contributed by atoms with Gasteiger partial charge in [-0.1, -0.05) is 30.7 Å². The van der Waals surface area contributed by atoms with E-state index in [2.05, 4.69) is 0 Å². The van der Waals surface area contributed by atoms with Crippen molar-refractivity contribution in [3.8, 4) is 0 Å². The smallest absolute Gasteiger partial charge is 0.146 e. The second-order valence-electron chi connectivity index (χ2n) is 4.27. The van der Waals surface area contributed by atoms with Gasteiger partial charge >= 0.3 is 0 Å². The third-order valence-electron chi connectivity index (χ3n) is 2.59. The van der Waals surface area contributed by atoms with Gasteiger partial charge in [-0.25, -0.2) is 4.39 Å². The molecule has 1 aromatic rings. The Morgan fingerprint density at radius 3 is 2.82 bits per heavy atom. The van der Waals surface area contributed by atoms with Crippen LogP contribution in [0.2, 0.25) is 5.02 Å². The number of hydrogen-bond donors (Lipinski definition) is 2. The predicted octanol–water partition coefficient (Wildman–Crippen LogP) is 2.48. The zero-order chi connectivity index (χ0) is 13.0. The number of hydrogen-bond acceptors (Lipinski definition) is 2. The Balaban J connectivity index is 2.65. The molecule has 0 aromatic heterocycles. The Morgan fingerprint density at radius 1 is 1.59 bits per heavy atom. The third kappa shape index (κ3) is 3.98. The largest absolute Gasteiger partial charge is 0.387 e. The molecule has 1 unspecified atom stereocenters. The van der Waals surface area contributed by atoms with Crippen LogP contribution in [0, 0.1) is 17.1 Å². The van der Waals surface area contributed by atoms with Crippen LogP contribution in [0.1, 0.15) is 12.5 Å². The third-order valence-corrected chi connectivity index (χ3v) is 2.88. The number of nitrogens with two attached hydrogens (primary N) is 1. The normalized spacial score (nSPS) is 12.8. The van der Waals surface area contributed by atoms with E-state index in [-0.39, 0.29) is 22.6 Å². The topological polar surface area (TPSA) is 53.1 Å². The zero-order valence-electron chi connectivity index (χ0n) is 10.0. The molecule has 0 saturated heterocycles. The SMILES string of the molecule is CC(CN(C)Cc1cccc(Cl)c1F)C(=N)N. The van der Waals surface area contributed by atoms with Gasteiger partial charge in [-0.2, -0.15) is 0 Å². The highest BCUT2D eigenvalue weighted by atomic mass is 35.5. The summed E-state index contributed by atoms with van der Waals surface area (Å²) in [4.78, 5) is 1.92. The maximum absolute atomic E-state index is 13.6. The highest BCUT2D eigenvalue weighted by molar-refractivity contribution is 6.30. The first-order chi connectivity index (χ1) is 7.91. The van der Waals surface area contributed by atoms with Crippen molar-refractivity contribution in [2.75, 3.05) is 13.6 Å². The van der Waals surface area contributed by atoms with E-state index in [9.17, 15) is 4.39 Å². The molecule has 1 rings (SSSR count). The molecular weight excluding hydrogens is 241 g/mol. The van der Waals surface area contributed by atoms with Gasteiger partial charge in [-0.05, 0) is 13.1 Å². The second kappa shape index (κ2) is 5.98. The van der Waals surface area contributed by atoms with Gasteiger partial charge < -0.3 is 10.6 Å². The Morgan fingerprint density at radius 2 is 2.24 bits per heavy atom. The molecule has 0 aliphatic rings. The van der Waals surface area contributed by atoms with Gasteiger partial charge in [0, 0.05) is 24.6 Å². The lowest BCUT2D eigenvalue weighted by atomic mass is 10.1. The van der Waals surface area contributed by atoms with Crippen molar-refractivity contribution in [3.05, 3.63) is 34.6 Å². The zero-order valence-corrected chi connectivity index (χ0v) is 10.8. The Bertz CT molecular complexity index is 409. The molecule has 0 spiro atoms. The van der Waals surface area contributed by atoms with Crippen LogP contribution in [0.15, 0.2) is 18.2 Å². The Kier molecular flexibility index (Phi) is 4.90. The fourth-order valence-electron chi connectivity index (χ4n) is 1.59. The first-order valence-corrected chi connectivity index (χ1v) is 5.75. The highest BCUT2D eigenvalue weighted by Gasteiger charge is 2.12. The molecule has 0 radical (unpaired) electrons. The number of nitrogens with zero attached hydrogens (tertiary/aromatic N) is 1. The quantitative estimate of drug-likeness (QED) is 0.629. The summed E-state index contributed by atoms with van der Waals surface area (Å²) in [7, 11) is 1.86. The van der Waals surface area contributed by atoms with Crippen molar-refractivity contribution >= 4 is 17.4 Å². The lowest BCUT2D eigenvalue weighted by molar-refractivity contribution is 0.301. The van der Waals surface area contributed by atoms with Crippen LogP contribution in [0.3, 0.4) is 0 Å². The molecule has 0 saturated carbocycles. The van der Waals surface area contributed by atoms with E-state index in [0.717, 1.165) is 0 Å². The second-order valence-corrected chi connectivity index (χ2v) is 4.67. The fraction of sp³-hybridized carbons (Fsp3) is 0.417. The first kappa shape index (κ1) is 13.9. The summed E-state index contributed by atoms with van der Waals surface area (Å²) in [5.74, 6) is -0.276. The van der Waals surface area contributed by atoms with Crippen LogP contribution >= 0.6 is 11.6 Å². The summed E-state index contributed by atoms with van der Waals surface area (Å²) in [5.41, 5.74) is 5.94. The number of halogens is 2. The van der Waals surface area contributed by atoms with Crippen molar-refractivity contribution < 1.29 is 4.39 Å². The van der Waals surface area contributed by atoms with Gasteiger partial charge in [-0.3, -0.25) is 5.41 Å². The summed E-state index contributed by atoms with van der Waals surface area (Å²) < 4.78 is 13.6. The van der Waals surface area contributed by atoms with Crippen LogP contribution in [0.25, 0.3) is 0 Å². The molecule has 5 heteroatoms. The van der Waals surface area contributed by atoms with Crippen molar-refractivity contribution in [1.82, 2.24) is 4.90 Å². The van der Waals surface area contributed by atoms with E-state index in [4.69, 9.17) is 22.7 Å². The first-order valence-electron chi connectivity index (χ1n) is 5.37. The van der Waals surface area contributed by atoms with Gasteiger partial charge in [-0.15, -0.1) is 0 Å². The molecule has 0 aliphatic heterocycles. The summed E-state index contributed by atoms with van der Waals surface area (Å²) in [6.07, 6.45) is 0. The molecule has 1 atom stereocenters. The number of rotatable bonds is 5. The van der Waals surface area contributed by atoms with Crippen LogP contribution in [0.5, 0.6) is 0 Å². The average Bonchev–Trinajstić information content (AvgIpc) is 2.24. The van der Waals surface area contributed by atoms with E-state index in [1.165, 1.54) is 6.07 Å². The summed E-state index contributed by atoms with van der Waals surface area (Å²) in [6, 6.07) is 4.96. The van der Waals surface area contributed by atoms with E-state index >= 15 is 0 Å². The summed E-state index contributed by atoms with van der Waals surface area (Å²) >= 11 is 5.71. The average molecular weight is 258 g/mol. The lowest BCUT2D eigenvalue weighted by Crippen LogP contribution is -2.32. The summed E-state index contributed by atoms with van der Waals surface area (Å²) in [6.45, 7) is 2.93. The van der Waals surface area contributed by atoms with Gasteiger partial charge in [0.25, 0.3) is 0 Å². The van der Waals surface area contributed by atoms with E-state index in [0.29, 0.717) is 18.7 Å². The molecule has 17 heavy (non-hydrogen) atoms. The minimum atomic E-state index is -0.378. The Labute approximate surface area is 106 Å². The predicted molar refractivity (Wildman–Crippen MR) is 68.8 cm³/mol.